The Morgan fingerprint density at radius 2 is 1.40 bits per heavy atom. The van der Waals surface area contributed by atoms with E-state index in [2.05, 4.69) is 65.7 Å². The molecule has 0 aromatic heterocycles. The Kier molecular flexibility index (Phi) is 9.54. The number of nitrogens with one attached hydrogen (secondary N) is 1. The molecule has 2 aromatic carbocycles. The highest BCUT2D eigenvalue weighted by atomic mass is 16.6. The first kappa shape index (κ1) is 24.1. The molecular weight excluding hydrogens is 372 g/mol. The lowest BCUT2D eigenvalue weighted by atomic mass is 10.1. The predicted molar refractivity (Wildman–Crippen MR) is 124 cm³/mol. The summed E-state index contributed by atoms with van der Waals surface area (Å²) in [5, 5.41) is 3.56. The number of carbonyl (C=O) groups excluding carboxylic acids is 1. The minimum atomic E-state index is -0.472. The second kappa shape index (κ2) is 11.9. The Hall–Kier alpha value is -2.17. The molecule has 164 valence electrons. The van der Waals surface area contributed by atoms with Crippen molar-refractivity contribution in [3.8, 4) is 0 Å². The Morgan fingerprint density at radius 3 is 1.80 bits per heavy atom. The molecule has 2 rings (SSSR count). The summed E-state index contributed by atoms with van der Waals surface area (Å²) in [4.78, 5) is 15.1. The van der Waals surface area contributed by atoms with Gasteiger partial charge in [-0.25, -0.2) is 0 Å². The van der Waals surface area contributed by atoms with Crippen molar-refractivity contribution in [1.29, 1.82) is 0 Å². The van der Waals surface area contributed by atoms with Crippen LogP contribution in [0, 0.1) is 0 Å². The minimum Gasteiger partial charge on any atom is -0.459 e. The molecule has 0 aliphatic rings. The quantitative estimate of drug-likeness (QED) is 0.519. The molecule has 2 aromatic rings. The lowest BCUT2D eigenvalue weighted by molar-refractivity contribution is -0.157. The van der Waals surface area contributed by atoms with Crippen molar-refractivity contribution in [2.24, 2.45) is 0 Å². The van der Waals surface area contributed by atoms with E-state index in [4.69, 9.17) is 4.74 Å². The maximum atomic E-state index is 12.6. The molecule has 0 radical (unpaired) electrons. The first-order valence-corrected chi connectivity index (χ1v) is 11.1. The third kappa shape index (κ3) is 8.68. The zero-order chi connectivity index (χ0) is 22.0. The van der Waals surface area contributed by atoms with Crippen LogP contribution in [0.4, 0.5) is 0 Å². The van der Waals surface area contributed by atoms with Crippen LogP contribution in [0.3, 0.4) is 0 Å². The molecule has 1 N–H and O–H groups in total. The molecule has 0 unspecified atom stereocenters. The first-order chi connectivity index (χ1) is 14.3. The fraction of sp³-hybridized carbons (Fsp3) is 0.500. The van der Waals surface area contributed by atoms with Gasteiger partial charge in [0.2, 0.25) is 0 Å². The van der Waals surface area contributed by atoms with Crippen molar-refractivity contribution in [1.82, 2.24) is 10.2 Å². The average Bonchev–Trinajstić information content (AvgIpc) is 2.71. The number of esters is 1. The van der Waals surface area contributed by atoms with Crippen molar-refractivity contribution in [3.63, 3.8) is 0 Å². The molecule has 2 atom stereocenters. The molecular formula is C26H38N2O2. The van der Waals surface area contributed by atoms with Crippen LogP contribution < -0.4 is 5.32 Å². The number of hydrogen-bond donors (Lipinski definition) is 1. The fourth-order valence-corrected chi connectivity index (χ4v) is 3.49. The second-order valence-corrected chi connectivity index (χ2v) is 8.91. The molecule has 0 spiro atoms. The van der Waals surface area contributed by atoms with E-state index < -0.39 is 5.60 Å². The fourth-order valence-electron chi connectivity index (χ4n) is 3.49. The lowest BCUT2D eigenvalue weighted by Gasteiger charge is -2.31. The summed E-state index contributed by atoms with van der Waals surface area (Å²) in [6.45, 7) is 12.5. The third-order valence-electron chi connectivity index (χ3n) is 5.01. The van der Waals surface area contributed by atoms with E-state index >= 15 is 0 Å². The van der Waals surface area contributed by atoms with Gasteiger partial charge in [-0.15, -0.1) is 0 Å². The summed E-state index contributed by atoms with van der Waals surface area (Å²) in [5.41, 5.74) is 2.12. The Bertz CT molecular complexity index is 699. The highest BCUT2D eigenvalue weighted by Gasteiger charge is 2.26. The van der Waals surface area contributed by atoms with Gasteiger partial charge >= 0.3 is 5.97 Å². The zero-order valence-corrected chi connectivity index (χ0v) is 19.2. The summed E-state index contributed by atoms with van der Waals surface area (Å²) >= 11 is 0. The molecule has 30 heavy (non-hydrogen) atoms. The molecule has 0 aliphatic heterocycles. The van der Waals surface area contributed by atoms with E-state index in [0.29, 0.717) is 6.42 Å². The predicted octanol–water partition coefficient (Wildman–Crippen LogP) is 5.18. The molecule has 4 heteroatoms. The lowest BCUT2D eigenvalue weighted by Crippen LogP contribution is -2.49. The van der Waals surface area contributed by atoms with Crippen LogP contribution in [-0.2, 0) is 22.6 Å². The number of ether oxygens (including phenoxy) is 1. The molecule has 0 saturated heterocycles. The van der Waals surface area contributed by atoms with E-state index in [1.165, 1.54) is 11.1 Å². The molecule has 0 amide bonds. The Balaban J connectivity index is 2.09. The van der Waals surface area contributed by atoms with Crippen molar-refractivity contribution < 1.29 is 9.53 Å². The van der Waals surface area contributed by atoms with Crippen LogP contribution in [0.2, 0.25) is 0 Å². The van der Waals surface area contributed by atoms with Gasteiger partial charge < -0.3 is 10.1 Å². The van der Waals surface area contributed by atoms with Crippen LogP contribution in [0.25, 0.3) is 0 Å². The number of nitrogens with zero attached hydrogens (tertiary/aromatic N) is 1. The van der Waals surface area contributed by atoms with Crippen molar-refractivity contribution >= 4 is 5.97 Å². The Morgan fingerprint density at radius 1 is 0.900 bits per heavy atom. The topological polar surface area (TPSA) is 41.6 Å². The van der Waals surface area contributed by atoms with E-state index in [-0.39, 0.29) is 18.1 Å². The normalized spacial score (nSPS) is 13.8. The van der Waals surface area contributed by atoms with Crippen LogP contribution in [0.1, 0.15) is 58.6 Å². The van der Waals surface area contributed by atoms with Crippen LogP contribution in [0.5, 0.6) is 0 Å². The third-order valence-corrected chi connectivity index (χ3v) is 5.01. The minimum absolute atomic E-state index is 0.166. The van der Waals surface area contributed by atoms with Crippen LogP contribution in [-0.4, -0.2) is 35.1 Å². The van der Waals surface area contributed by atoms with Crippen LogP contribution in [0.15, 0.2) is 60.7 Å². The summed E-state index contributed by atoms with van der Waals surface area (Å²) in [6, 6.07) is 21.0. The zero-order valence-electron chi connectivity index (χ0n) is 19.2. The van der Waals surface area contributed by atoms with Gasteiger partial charge in [-0.1, -0.05) is 74.5 Å². The number of benzene rings is 2. The van der Waals surface area contributed by atoms with Gasteiger partial charge in [-0.3, -0.25) is 9.69 Å². The standard InChI is InChI=1S/C26H38N2O2/c1-6-23(27-24(7-2)25(29)30-26(3,4)5)20-28(18-21-14-10-8-11-15-21)19-22-16-12-9-13-17-22/h8-17,23-24,27H,6-7,18-20H2,1-5H3/t23-,24-/m1/s1. The first-order valence-electron chi connectivity index (χ1n) is 11.1. The van der Waals surface area contributed by atoms with Gasteiger partial charge in [0.15, 0.2) is 0 Å². The molecule has 0 aliphatic carbocycles. The maximum Gasteiger partial charge on any atom is 0.323 e. The van der Waals surface area contributed by atoms with Gasteiger partial charge in [0.1, 0.15) is 11.6 Å². The van der Waals surface area contributed by atoms with Crippen molar-refractivity contribution in [2.75, 3.05) is 6.54 Å². The Labute approximate surface area is 182 Å². The van der Waals surface area contributed by atoms with E-state index in [0.717, 1.165) is 26.1 Å². The van der Waals surface area contributed by atoms with E-state index in [9.17, 15) is 4.79 Å². The number of carbonyl (C=O) groups is 1. The van der Waals surface area contributed by atoms with Crippen molar-refractivity contribution in [3.05, 3.63) is 71.8 Å². The van der Waals surface area contributed by atoms with Gasteiger partial charge in [0.25, 0.3) is 0 Å². The highest BCUT2D eigenvalue weighted by Crippen LogP contribution is 2.14. The van der Waals surface area contributed by atoms with Crippen molar-refractivity contribution in [2.45, 2.75) is 78.2 Å². The molecule has 0 bridgehead atoms. The van der Waals surface area contributed by atoms with Gasteiger partial charge in [0, 0.05) is 25.7 Å². The summed E-state index contributed by atoms with van der Waals surface area (Å²) in [5.74, 6) is -0.166. The summed E-state index contributed by atoms with van der Waals surface area (Å²) in [6.07, 6.45) is 1.65. The maximum absolute atomic E-state index is 12.6. The largest absolute Gasteiger partial charge is 0.459 e. The summed E-state index contributed by atoms with van der Waals surface area (Å²) in [7, 11) is 0. The molecule has 0 saturated carbocycles. The summed E-state index contributed by atoms with van der Waals surface area (Å²) < 4.78 is 5.62. The smallest absolute Gasteiger partial charge is 0.323 e. The molecule has 0 fully saturated rings. The number of rotatable bonds is 11. The van der Waals surface area contributed by atoms with Crippen LogP contribution >= 0.6 is 0 Å². The molecule has 4 nitrogen and oxygen atoms in total. The van der Waals surface area contributed by atoms with Gasteiger partial charge in [-0.05, 0) is 44.7 Å². The van der Waals surface area contributed by atoms with Gasteiger partial charge in [-0.2, -0.15) is 0 Å². The van der Waals surface area contributed by atoms with Gasteiger partial charge in [0.05, 0.1) is 0 Å². The average molecular weight is 411 g/mol. The number of hydrogen-bond acceptors (Lipinski definition) is 4. The monoisotopic (exact) mass is 410 g/mol. The highest BCUT2D eigenvalue weighted by molar-refractivity contribution is 5.76. The SMILES string of the molecule is CC[C@H](CN(Cc1ccccc1)Cc1ccccc1)N[C@H](CC)C(=O)OC(C)(C)C. The van der Waals surface area contributed by atoms with E-state index in [1.54, 1.807) is 0 Å². The van der Waals surface area contributed by atoms with E-state index in [1.807, 2.05) is 39.8 Å². The second-order valence-electron chi connectivity index (χ2n) is 8.91. The molecule has 0 heterocycles.